The first-order valence-electron chi connectivity index (χ1n) is 8.28. The summed E-state index contributed by atoms with van der Waals surface area (Å²) in [4.78, 5) is 13.7. The molecular weight excluding hydrogens is 270 g/mol. The Morgan fingerprint density at radius 1 is 1.05 bits per heavy atom. The van der Waals surface area contributed by atoms with Gasteiger partial charge in [0, 0.05) is 32.5 Å². The average molecular weight is 299 g/mol. The second-order valence-electron chi connectivity index (χ2n) is 7.55. The third-order valence-corrected chi connectivity index (χ3v) is 4.70. The Kier molecular flexibility index (Phi) is 5.23. The minimum Gasteiger partial charge on any atom is -0.300 e. The van der Waals surface area contributed by atoms with E-state index in [0.29, 0.717) is 18.6 Å². The molecule has 2 nitrogen and oxygen atoms in total. The second-order valence-corrected chi connectivity index (χ2v) is 7.55. The van der Waals surface area contributed by atoms with Crippen LogP contribution < -0.4 is 0 Å². The summed E-state index contributed by atoms with van der Waals surface area (Å²) in [5.74, 6) is 0.410. The zero-order chi connectivity index (χ0) is 16.3. The minimum absolute atomic E-state index is 0.200. The van der Waals surface area contributed by atoms with Crippen LogP contribution in [0.25, 0.3) is 5.57 Å². The van der Waals surface area contributed by atoms with Gasteiger partial charge in [-0.3, -0.25) is 9.69 Å². The molecular formula is C20H29NO. The van der Waals surface area contributed by atoms with Crippen LogP contribution in [0.1, 0.15) is 58.6 Å². The van der Waals surface area contributed by atoms with Crippen LogP contribution in [-0.2, 0) is 10.2 Å². The average Bonchev–Trinajstić information content (AvgIpc) is 2.48. The molecule has 1 heterocycles. The molecule has 120 valence electrons. The van der Waals surface area contributed by atoms with Crippen molar-refractivity contribution in [3.05, 3.63) is 41.0 Å². The van der Waals surface area contributed by atoms with Crippen LogP contribution in [0.2, 0.25) is 0 Å². The predicted molar refractivity (Wildman–Crippen MR) is 94.1 cm³/mol. The number of Topliss-reactive ketones (excluding diaryl/α,β-unsaturated/α-hetero) is 1. The lowest BCUT2D eigenvalue weighted by atomic mass is 9.86. The Labute approximate surface area is 135 Å². The van der Waals surface area contributed by atoms with Gasteiger partial charge in [0.1, 0.15) is 5.78 Å². The molecule has 0 aliphatic carbocycles. The Balaban J connectivity index is 2.08. The molecule has 0 amide bonds. The molecule has 1 aromatic rings. The fourth-order valence-electron chi connectivity index (χ4n) is 2.88. The number of ketones is 1. The third-order valence-electron chi connectivity index (χ3n) is 4.70. The Morgan fingerprint density at radius 2 is 1.59 bits per heavy atom. The molecule has 1 aromatic carbocycles. The van der Waals surface area contributed by atoms with E-state index in [-0.39, 0.29) is 5.41 Å². The van der Waals surface area contributed by atoms with Crippen molar-refractivity contribution in [2.24, 2.45) is 0 Å². The van der Waals surface area contributed by atoms with E-state index in [1.807, 2.05) is 0 Å². The molecule has 0 saturated carbocycles. The molecule has 0 unspecified atom stereocenters. The van der Waals surface area contributed by atoms with Crippen molar-refractivity contribution < 1.29 is 4.79 Å². The lowest BCUT2D eigenvalue weighted by Crippen LogP contribution is -2.35. The summed E-state index contributed by atoms with van der Waals surface area (Å²) in [7, 11) is 0. The van der Waals surface area contributed by atoms with Gasteiger partial charge < -0.3 is 0 Å². The molecule has 2 heteroatoms. The van der Waals surface area contributed by atoms with Crippen molar-refractivity contribution in [3.63, 3.8) is 0 Å². The van der Waals surface area contributed by atoms with Crippen molar-refractivity contribution in [1.82, 2.24) is 4.90 Å². The van der Waals surface area contributed by atoms with Crippen LogP contribution in [0.3, 0.4) is 0 Å². The molecule has 0 bridgehead atoms. The summed E-state index contributed by atoms with van der Waals surface area (Å²) < 4.78 is 0. The maximum Gasteiger partial charge on any atom is 0.135 e. The van der Waals surface area contributed by atoms with Gasteiger partial charge in [0.2, 0.25) is 0 Å². The predicted octanol–water partition coefficient (Wildman–Crippen LogP) is 4.44. The SMILES string of the molecule is C/C(CN1CCC(=O)CC1)=C(/C)c1ccc(C(C)(C)C)cc1. The largest absolute Gasteiger partial charge is 0.300 e. The molecule has 1 saturated heterocycles. The fourth-order valence-corrected chi connectivity index (χ4v) is 2.88. The Hall–Kier alpha value is -1.41. The second kappa shape index (κ2) is 6.78. The molecule has 1 aliphatic heterocycles. The van der Waals surface area contributed by atoms with Gasteiger partial charge in [-0.15, -0.1) is 0 Å². The third kappa shape index (κ3) is 4.30. The van der Waals surface area contributed by atoms with E-state index < -0.39 is 0 Å². The number of carbonyl (C=O) groups is 1. The van der Waals surface area contributed by atoms with Crippen molar-refractivity contribution in [1.29, 1.82) is 0 Å². The van der Waals surface area contributed by atoms with Crippen LogP contribution in [0, 0.1) is 0 Å². The van der Waals surface area contributed by atoms with Crippen molar-refractivity contribution >= 4 is 11.4 Å². The number of likely N-dealkylation sites (tertiary alicyclic amines) is 1. The molecule has 0 atom stereocenters. The minimum atomic E-state index is 0.200. The lowest BCUT2D eigenvalue weighted by molar-refractivity contribution is -0.121. The highest BCUT2D eigenvalue weighted by atomic mass is 16.1. The van der Waals surface area contributed by atoms with E-state index in [4.69, 9.17) is 0 Å². The molecule has 0 aromatic heterocycles. The van der Waals surface area contributed by atoms with Crippen LogP contribution in [0.4, 0.5) is 0 Å². The van der Waals surface area contributed by atoms with Crippen LogP contribution in [-0.4, -0.2) is 30.3 Å². The highest BCUT2D eigenvalue weighted by Gasteiger charge is 2.17. The molecule has 0 N–H and O–H groups in total. The zero-order valence-electron chi connectivity index (χ0n) is 14.7. The Morgan fingerprint density at radius 3 is 2.09 bits per heavy atom. The first-order valence-corrected chi connectivity index (χ1v) is 8.28. The quantitative estimate of drug-likeness (QED) is 0.822. The molecule has 0 spiro atoms. The van der Waals surface area contributed by atoms with Gasteiger partial charge in [0.15, 0.2) is 0 Å². The van der Waals surface area contributed by atoms with E-state index in [2.05, 4.69) is 63.8 Å². The standard InChI is InChI=1S/C20H29NO/c1-15(14-21-12-10-19(22)11-13-21)16(2)17-6-8-18(9-7-17)20(3,4)5/h6-9H,10-14H2,1-5H3/b16-15+. The normalized spacial score (nSPS) is 18.3. The summed E-state index contributed by atoms with van der Waals surface area (Å²) in [6.45, 7) is 13.9. The van der Waals surface area contributed by atoms with Gasteiger partial charge in [-0.05, 0) is 36.0 Å². The number of piperidine rings is 1. The molecule has 2 rings (SSSR count). The van der Waals surface area contributed by atoms with E-state index in [0.717, 1.165) is 19.6 Å². The summed E-state index contributed by atoms with van der Waals surface area (Å²) in [5, 5.41) is 0. The van der Waals surface area contributed by atoms with Gasteiger partial charge in [-0.25, -0.2) is 0 Å². The fraction of sp³-hybridized carbons (Fsp3) is 0.550. The zero-order valence-corrected chi connectivity index (χ0v) is 14.7. The maximum atomic E-state index is 11.3. The number of hydrogen-bond acceptors (Lipinski definition) is 2. The smallest absolute Gasteiger partial charge is 0.135 e. The number of benzene rings is 1. The van der Waals surface area contributed by atoms with Gasteiger partial charge in [0.25, 0.3) is 0 Å². The molecule has 1 aliphatic rings. The Bertz CT molecular complexity index is 550. The van der Waals surface area contributed by atoms with Gasteiger partial charge in [-0.1, -0.05) is 50.6 Å². The van der Waals surface area contributed by atoms with E-state index in [9.17, 15) is 4.79 Å². The lowest BCUT2D eigenvalue weighted by Gasteiger charge is -2.27. The number of nitrogens with zero attached hydrogens (tertiary/aromatic N) is 1. The van der Waals surface area contributed by atoms with Crippen molar-refractivity contribution in [2.75, 3.05) is 19.6 Å². The van der Waals surface area contributed by atoms with E-state index in [1.54, 1.807) is 0 Å². The maximum absolute atomic E-state index is 11.3. The van der Waals surface area contributed by atoms with Crippen LogP contribution in [0.5, 0.6) is 0 Å². The molecule has 0 radical (unpaired) electrons. The van der Waals surface area contributed by atoms with E-state index in [1.165, 1.54) is 22.3 Å². The monoisotopic (exact) mass is 299 g/mol. The van der Waals surface area contributed by atoms with Crippen molar-refractivity contribution in [2.45, 2.75) is 52.9 Å². The first-order chi connectivity index (χ1) is 10.3. The highest BCUT2D eigenvalue weighted by molar-refractivity contribution is 5.79. The summed E-state index contributed by atoms with van der Waals surface area (Å²) in [5.41, 5.74) is 5.64. The topological polar surface area (TPSA) is 20.3 Å². The summed E-state index contributed by atoms with van der Waals surface area (Å²) in [6.07, 6.45) is 1.43. The van der Waals surface area contributed by atoms with Crippen LogP contribution in [0.15, 0.2) is 29.8 Å². The number of rotatable bonds is 3. The molecule has 1 fully saturated rings. The number of hydrogen-bond donors (Lipinski definition) is 0. The number of allylic oxidation sites excluding steroid dienone is 1. The van der Waals surface area contributed by atoms with Gasteiger partial charge in [0.05, 0.1) is 0 Å². The first kappa shape index (κ1) is 17.0. The van der Waals surface area contributed by atoms with Crippen LogP contribution >= 0.6 is 0 Å². The van der Waals surface area contributed by atoms with E-state index >= 15 is 0 Å². The summed E-state index contributed by atoms with van der Waals surface area (Å²) in [6, 6.07) is 8.95. The van der Waals surface area contributed by atoms with Crippen molar-refractivity contribution in [3.8, 4) is 0 Å². The number of carbonyl (C=O) groups excluding carboxylic acids is 1. The highest BCUT2D eigenvalue weighted by Crippen LogP contribution is 2.25. The summed E-state index contributed by atoms with van der Waals surface area (Å²) >= 11 is 0. The van der Waals surface area contributed by atoms with Gasteiger partial charge >= 0.3 is 0 Å². The molecule has 22 heavy (non-hydrogen) atoms. The van der Waals surface area contributed by atoms with Gasteiger partial charge in [-0.2, -0.15) is 0 Å².